The molecule has 0 saturated heterocycles. The number of rotatable bonds is 8. The number of benzene rings is 1. The van der Waals surface area contributed by atoms with Crippen molar-refractivity contribution in [3.05, 3.63) is 24.3 Å². The second kappa shape index (κ2) is 7.96. The van der Waals surface area contributed by atoms with Gasteiger partial charge in [-0.2, -0.15) is 0 Å². The summed E-state index contributed by atoms with van der Waals surface area (Å²) in [6.45, 7) is -0.126. The third kappa shape index (κ3) is 6.12. The van der Waals surface area contributed by atoms with Crippen LogP contribution in [0.2, 0.25) is 0 Å². The number of hydrogen-bond donors (Lipinski definition) is 2. The Morgan fingerprint density at radius 1 is 1.40 bits per heavy atom. The van der Waals surface area contributed by atoms with Crippen LogP contribution in [0.4, 0.5) is 5.69 Å². The second-order valence-electron chi connectivity index (χ2n) is 3.95. The lowest BCUT2D eigenvalue weighted by molar-refractivity contribution is -0.122. The van der Waals surface area contributed by atoms with Crippen molar-refractivity contribution < 1.29 is 17.9 Å². The van der Waals surface area contributed by atoms with Crippen molar-refractivity contribution >= 4 is 33.2 Å². The smallest absolute Gasteiger partial charge is 0.257 e. The van der Waals surface area contributed by atoms with Crippen LogP contribution in [0.25, 0.3) is 0 Å². The summed E-state index contributed by atoms with van der Waals surface area (Å²) < 4.78 is 31.1. The molecule has 6 nitrogen and oxygen atoms in total. The Morgan fingerprint density at radius 2 is 2.15 bits per heavy atom. The van der Waals surface area contributed by atoms with E-state index in [4.69, 9.17) is 16.3 Å². The summed E-state index contributed by atoms with van der Waals surface area (Å²) >= 11 is 5.47. The fourth-order valence-corrected chi connectivity index (χ4v) is 2.75. The largest absolute Gasteiger partial charge is 0.484 e. The van der Waals surface area contributed by atoms with E-state index in [1.807, 2.05) is 0 Å². The second-order valence-corrected chi connectivity index (χ2v) is 6.17. The average Bonchev–Trinajstić information content (AvgIpc) is 2.42. The lowest BCUT2D eigenvalue weighted by Gasteiger charge is -2.09. The molecule has 1 aromatic rings. The zero-order chi connectivity index (χ0) is 15.0. The van der Waals surface area contributed by atoms with Gasteiger partial charge in [0.05, 0.1) is 11.4 Å². The normalized spacial score (nSPS) is 10.9. The van der Waals surface area contributed by atoms with Crippen molar-refractivity contribution in [2.24, 2.45) is 0 Å². The van der Waals surface area contributed by atoms with E-state index in [-0.39, 0.29) is 24.1 Å². The van der Waals surface area contributed by atoms with Gasteiger partial charge in [-0.05, 0) is 18.6 Å². The molecule has 1 rings (SSSR count). The van der Waals surface area contributed by atoms with Crippen LogP contribution >= 0.6 is 11.6 Å². The highest BCUT2D eigenvalue weighted by molar-refractivity contribution is 7.92. The van der Waals surface area contributed by atoms with Crippen LogP contribution in [-0.4, -0.2) is 39.6 Å². The first kappa shape index (κ1) is 16.6. The predicted octanol–water partition coefficient (Wildman–Crippen LogP) is 1.18. The van der Waals surface area contributed by atoms with Crippen molar-refractivity contribution in [1.29, 1.82) is 0 Å². The van der Waals surface area contributed by atoms with E-state index < -0.39 is 10.0 Å². The van der Waals surface area contributed by atoms with Crippen molar-refractivity contribution in [3.8, 4) is 5.75 Å². The first-order chi connectivity index (χ1) is 9.46. The lowest BCUT2D eigenvalue weighted by Crippen LogP contribution is -2.24. The Hall–Kier alpha value is -1.47. The van der Waals surface area contributed by atoms with E-state index in [0.29, 0.717) is 17.9 Å². The SMILES string of the molecule is CNC(=O)COc1cccc(NS(=O)(=O)CCCCl)c1. The van der Waals surface area contributed by atoms with Gasteiger partial charge in [0.25, 0.3) is 5.91 Å². The molecule has 0 spiro atoms. The van der Waals surface area contributed by atoms with Gasteiger partial charge in [0, 0.05) is 19.0 Å². The molecule has 0 aliphatic rings. The molecule has 2 N–H and O–H groups in total. The lowest BCUT2D eigenvalue weighted by atomic mass is 10.3. The fourth-order valence-electron chi connectivity index (χ4n) is 1.35. The van der Waals surface area contributed by atoms with Crippen molar-refractivity contribution in [1.82, 2.24) is 5.32 Å². The number of halogens is 1. The maximum absolute atomic E-state index is 11.7. The first-order valence-electron chi connectivity index (χ1n) is 5.97. The van der Waals surface area contributed by atoms with Gasteiger partial charge in [0.15, 0.2) is 6.61 Å². The Labute approximate surface area is 123 Å². The number of ether oxygens (including phenoxy) is 1. The van der Waals surface area contributed by atoms with Gasteiger partial charge >= 0.3 is 0 Å². The van der Waals surface area contributed by atoms with Crippen LogP contribution in [0.1, 0.15) is 6.42 Å². The van der Waals surface area contributed by atoms with E-state index >= 15 is 0 Å². The Kier molecular flexibility index (Phi) is 6.60. The fraction of sp³-hybridized carbons (Fsp3) is 0.417. The van der Waals surface area contributed by atoms with Crippen LogP contribution in [0, 0.1) is 0 Å². The highest BCUT2D eigenvalue weighted by Crippen LogP contribution is 2.18. The van der Waals surface area contributed by atoms with Crippen LogP contribution in [-0.2, 0) is 14.8 Å². The number of sulfonamides is 1. The first-order valence-corrected chi connectivity index (χ1v) is 8.15. The van der Waals surface area contributed by atoms with Gasteiger partial charge in [-0.3, -0.25) is 9.52 Å². The van der Waals surface area contributed by atoms with Gasteiger partial charge in [-0.15, -0.1) is 11.6 Å². The molecule has 0 heterocycles. The van der Waals surface area contributed by atoms with E-state index in [1.165, 1.54) is 13.1 Å². The van der Waals surface area contributed by atoms with Crippen molar-refractivity contribution in [2.45, 2.75) is 6.42 Å². The predicted molar refractivity (Wildman–Crippen MR) is 78.8 cm³/mol. The van der Waals surface area contributed by atoms with Crippen molar-refractivity contribution in [3.63, 3.8) is 0 Å². The number of likely N-dealkylation sites (N-methyl/N-ethyl adjacent to an activating group) is 1. The summed E-state index contributed by atoms with van der Waals surface area (Å²) in [5, 5.41) is 2.42. The molecule has 1 aromatic carbocycles. The molecule has 0 saturated carbocycles. The number of carbonyl (C=O) groups is 1. The molecule has 0 radical (unpaired) electrons. The molecule has 0 aliphatic heterocycles. The molecule has 8 heteroatoms. The summed E-state index contributed by atoms with van der Waals surface area (Å²) in [5.74, 6) is 0.389. The molecule has 0 unspecified atom stereocenters. The number of hydrogen-bond acceptors (Lipinski definition) is 4. The molecule has 20 heavy (non-hydrogen) atoms. The third-order valence-corrected chi connectivity index (χ3v) is 3.94. The number of carbonyl (C=O) groups excluding carboxylic acids is 1. The van der Waals surface area contributed by atoms with E-state index in [1.54, 1.807) is 18.2 Å². The Morgan fingerprint density at radius 3 is 2.80 bits per heavy atom. The molecule has 112 valence electrons. The van der Waals surface area contributed by atoms with Crippen LogP contribution in [0.15, 0.2) is 24.3 Å². The molecular formula is C12H17ClN2O4S. The van der Waals surface area contributed by atoms with Crippen LogP contribution in [0.3, 0.4) is 0 Å². The Balaban J connectivity index is 2.66. The maximum Gasteiger partial charge on any atom is 0.257 e. The van der Waals surface area contributed by atoms with Crippen LogP contribution in [0.5, 0.6) is 5.75 Å². The minimum atomic E-state index is -3.42. The van der Waals surface area contributed by atoms with Gasteiger partial charge in [-0.1, -0.05) is 6.07 Å². The minimum absolute atomic E-state index is 0.0418. The summed E-state index contributed by atoms with van der Waals surface area (Å²) in [6, 6.07) is 6.39. The Bertz CT molecular complexity index is 548. The van der Waals surface area contributed by atoms with Gasteiger partial charge < -0.3 is 10.1 Å². The molecular weight excluding hydrogens is 304 g/mol. The number of anilines is 1. The zero-order valence-electron chi connectivity index (χ0n) is 11.1. The molecule has 0 aromatic heterocycles. The number of alkyl halides is 1. The summed E-state index contributed by atoms with van der Waals surface area (Å²) in [5.41, 5.74) is 0.383. The zero-order valence-corrected chi connectivity index (χ0v) is 12.6. The third-order valence-electron chi connectivity index (χ3n) is 2.30. The molecule has 0 atom stereocenters. The maximum atomic E-state index is 11.7. The van der Waals surface area contributed by atoms with E-state index in [9.17, 15) is 13.2 Å². The summed E-state index contributed by atoms with van der Waals surface area (Å²) in [6.07, 6.45) is 0.379. The molecule has 0 aliphatic carbocycles. The van der Waals surface area contributed by atoms with E-state index in [0.717, 1.165) is 0 Å². The average molecular weight is 321 g/mol. The molecule has 0 bridgehead atoms. The molecule has 1 amide bonds. The highest BCUT2D eigenvalue weighted by atomic mass is 35.5. The number of amides is 1. The van der Waals surface area contributed by atoms with Crippen LogP contribution < -0.4 is 14.8 Å². The summed E-state index contributed by atoms with van der Waals surface area (Å²) in [4.78, 5) is 11.1. The monoisotopic (exact) mass is 320 g/mol. The van der Waals surface area contributed by atoms with Crippen molar-refractivity contribution in [2.75, 3.05) is 30.0 Å². The highest BCUT2D eigenvalue weighted by Gasteiger charge is 2.10. The quantitative estimate of drug-likeness (QED) is 0.704. The van der Waals surface area contributed by atoms with E-state index in [2.05, 4.69) is 10.0 Å². The topological polar surface area (TPSA) is 84.5 Å². The minimum Gasteiger partial charge on any atom is -0.484 e. The summed E-state index contributed by atoms with van der Waals surface area (Å²) in [7, 11) is -1.91. The van der Waals surface area contributed by atoms with Gasteiger partial charge in [-0.25, -0.2) is 8.42 Å². The van der Waals surface area contributed by atoms with Gasteiger partial charge in [0.2, 0.25) is 10.0 Å². The van der Waals surface area contributed by atoms with Gasteiger partial charge in [0.1, 0.15) is 5.75 Å². The standard InChI is InChI=1S/C12H17ClN2O4S/c1-14-12(16)9-19-11-5-2-4-10(8-11)15-20(17,18)7-3-6-13/h2,4-5,8,15H,3,6-7,9H2,1H3,(H,14,16). The number of nitrogens with one attached hydrogen (secondary N) is 2. The molecule has 0 fully saturated rings.